The molecular weight excluding hydrogens is 241 g/mol. The molecule has 0 aliphatic rings. The lowest BCUT2D eigenvalue weighted by Gasteiger charge is -2.15. The van der Waals surface area contributed by atoms with E-state index in [4.69, 9.17) is 28.5 Å². The zero-order valence-electron chi connectivity index (χ0n) is 7.43. The average Bonchev–Trinajstić information content (AvgIpc) is 2.27. The summed E-state index contributed by atoms with van der Waals surface area (Å²) in [6.07, 6.45) is 0. The smallest absolute Gasteiger partial charge is 0.343 e. The number of hydrogen-bond donors (Lipinski definition) is 1. The minimum absolute atomic E-state index is 0.277. The summed E-state index contributed by atoms with van der Waals surface area (Å²) in [6.45, 7) is 0. The Balaban J connectivity index is 2.82. The van der Waals surface area contributed by atoms with Crippen molar-refractivity contribution in [3.63, 3.8) is 0 Å². The Bertz CT molecular complexity index is 369. The van der Waals surface area contributed by atoms with Crippen molar-refractivity contribution in [2.45, 2.75) is 5.50 Å². The van der Waals surface area contributed by atoms with Gasteiger partial charge in [-0.05, 0) is 12.1 Å². The van der Waals surface area contributed by atoms with E-state index in [2.05, 4.69) is 0 Å². The minimum atomic E-state index is -1.58. The van der Waals surface area contributed by atoms with E-state index in [-0.39, 0.29) is 5.56 Å². The van der Waals surface area contributed by atoms with Crippen LogP contribution in [0.2, 0.25) is 0 Å². The summed E-state index contributed by atoms with van der Waals surface area (Å²) in [4.78, 5) is 22.0. The molecule has 1 N–H and O–H groups in total. The van der Waals surface area contributed by atoms with Gasteiger partial charge in [-0.25, -0.2) is 9.21 Å². The number of hydrogen-bond acceptors (Lipinski definition) is 2. The van der Waals surface area contributed by atoms with Crippen LogP contribution >= 0.6 is 23.4 Å². The Kier molecular flexibility index (Phi) is 3.94. The second-order valence-electron chi connectivity index (χ2n) is 2.66. The summed E-state index contributed by atoms with van der Waals surface area (Å²) in [5.41, 5.74) is -1.31. The largest absolute Gasteiger partial charge is 0.479 e. The number of carbonyl (C=O) groups excluding carboxylic acids is 1. The van der Waals surface area contributed by atoms with E-state index in [1.165, 1.54) is 12.1 Å². The molecule has 1 amide bonds. The normalized spacial score (nSPS) is 11.9. The maximum atomic E-state index is 11.5. The molecule has 0 aliphatic heterocycles. The summed E-state index contributed by atoms with van der Waals surface area (Å²) >= 11 is 10.9. The summed E-state index contributed by atoms with van der Waals surface area (Å²) in [7, 11) is 0. The van der Waals surface area contributed by atoms with Gasteiger partial charge in [-0.3, -0.25) is 4.79 Å². The van der Waals surface area contributed by atoms with Crippen molar-refractivity contribution in [3.8, 4) is 0 Å². The molecule has 1 rings (SSSR count). The fourth-order valence-corrected chi connectivity index (χ4v) is 1.17. The predicted octanol–water partition coefficient (Wildman–Crippen LogP) is 1.93. The van der Waals surface area contributed by atoms with Crippen molar-refractivity contribution >= 4 is 35.3 Å². The number of nitrogens with zero attached hydrogens (tertiary/aromatic N) is 1. The van der Waals surface area contributed by atoms with Gasteiger partial charge in [-0.2, -0.15) is 0 Å². The highest BCUT2D eigenvalue weighted by atomic mass is 35.5. The fourth-order valence-electron chi connectivity index (χ4n) is 0.904. The quantitative estimate of drug-likeness (QED) is 0.505. The topological polar surface area (TPSA) is 57.6 Å². The van der Waals surface area contributed by atoms with Crippen LogP contribution in [-0.2, 0) is 4.79 Å². The van der Waals surface area contributed by atoms with Gasteiger partial charge >= 0.3 is 5.97 Å². The zero-order valence-corrected chi connectivity index (χ0v) is 8.94. The Hall–Kier alpha value is -1.26. The first-order valence-corrected chi connectivity index (χ1v) is 4.72. The van der Waals surface area contributed by atoms with Crippen LogP contribution in [0.3, 0.4) is 0 Å². The first kappa shape index (κ1) is 11.8. The molecule has 6 heteroatoms. The first-order valence-electron chi connectivity index (χ1n) is 3.95. The van der Waals surface area contributed by atoms with Gasteiger partial charge in [-0.15, -0.1) is 0 Å². The molecule has 1 unspecified atom stereocenters. The van der Waals surface area contributed by atoms with Gasteiger partial charge < -0.3 is 5.11 Å². The number of rotatable bonds is 3. The second kappa shape index (κ2) is 5.00. The van der Waals surface area contributed by atoms with Crippen LogP contribution in [0.1, 0.15) is 10.4 Å². The van der Waals surface area contributed by atoms with Gasteiger partial charge in [0.05, 0.1) is 0 Å². The monoisotopic (exact) mass is 247 g/mol. The van der Waals surface area contributed by atoms with Crippen molar-refractivity contribution in [3.05, 3.63) is 35.9 Å². The van der Waals surface area contributed by atoms with E-state index in [1.807, 2.05) is 0 Å². The summed E-state index contributed by atoms with van der Waals surface area (Å²) in [5.74, 6) is -2.03. The van der Waals surface area contributed by atoms with Crippen LogP contribution in [0.15, 0.2) is 30.3 Å². The molecule has 0 heterocycles. The number of carbonyl (C=O) groups is 2. The highest BCUT2D eigenvalue weighted by Crippen LogP contribution is 2.14. The summed E-state index contributed by atoms with van der Waals surface area (Å²) in [5, 5.41) is 8.54. The van der Waals surface area contributed by atoms with E-state index in [9.17, 15) is 9.59 Å². The second-order valence-corrected chi connectivity index (χ2v) is 3.43. The van der Waals surface area contributed by atoms with Gasteiger partial charge in [0.2, 0.25) is 5.50 Å². The van der Waals surface area contributed by atoms with Crippen LogP contribution in [0.5, 0.6) is 0 Å². The third-order valence-electron chi connectivity index (χ3n) is 1.62. The number of benzene rings is 1. The van der Waals surface area contributed by atoms with Crippen LogP contribution in [0.25, 0.3) is 0 Å². The molecule has 0 spiro atoms. The maximum absolute atomic E-state index is 11.5. The molecule has 0 aliphatic carbocycles. The fraction of sp³-hybridized carbons (Fsp3) is 0.111. The average molecular weight is 248 g/mol. The molecular formula is C9H7Cl2NO3. The number of alkyl halides is 1. The molecule has 1 aromatic carbocycles. The molecule has 0 aromatic heterocycles. The lowest BCUT2D eigenvalue weighted by molar-refractivity contribution is -0.138. The Morgan fingerprint density at radius 1 is 1.27 bits per heavy atom. The summed E-state index contributed by atoms with van der Waals surface area (Å²) in [6, 6.07) is 8.04. The molecule has 0 saturated heterocycles. The van der Waals surface area contributed by atoms with E-state index in [0.717, 1.165) is 0 Å². The maximum Gasteiger partial charge on any atom is 0.343 e. The van der Waals surface area contributed by atoms with Crippen molar-refractivity contribution < 1.29 is 14.7 Å². The van der Waals surface area contributed by atoms with Crippen molar-refractivity contribution in [1.29, 1.82) is 0 Å². The molecule has 0 saturated carbocycles. The molecule has 1 atom stereocenters. The predicted molar refractivity (Wildman–Crippen MR) is 55.7 cm³/mol. The third-order valence-corrected chi connectivity index (χ3v) is 2.45. The first-order chi connectivity index (χ1) is 7.04. The number of aliphatic carboxylic acids is 1. The van der Waals surface area contributed by atoms with Gasteiger partial charge in [-0.1, -0.05) is 29.8 Å². The Labute approximate surface area is 96.1 Å². The van der Waals surface area contributed by atoms with Crippen LogP contribution in [0, 0.1) is 0 Å². The molecule has 0 bridgehead atoms. The van der Waals surface area contributed by atoms with Crippen molar-refractivity contribution in [2.75, 3.05) is 0 Å². The number of carboxylic acids is 1. The number of amides is 1. The van der Waals surface area contributed by atoms with Gasteiger partial charge in [0.1, 0.15) is 0 Å². The van der Waals surface area contributed by atoms with Gasteiger partial charge in [0, 0.05) is 17.3 Å². The van der Waals surface area contributed by atoms with Crippen LogP contribution in [-0.4, -0.2) is 26.9 Å². The van der Waals surface area contributed by atoms with Crippen molar-refractivity contribution in [2.24, 2.45) is 0 Å². The third kappa shape index (κ3) is 2.84. The number of halogens is 2. The highest BCUT2D eigenvalue weighted by Gasteiger charge is 2.26. The van der Waals surface area contributed by atoms with Crippen LogP contribution in [0.4, 0.5) is 0 Å². The van der Waals surface area contributed by atoms with Crippen LogP contribution < -0.4 is 0 Å². The van der Waals surface area contributed by atoms with Crippen molar-refractivity contribution in [1.82, 2.24) is 4.42 Å². The van der Waals surface area contributed by atoms with E-state index < -0.39 is 17.4 Å². The lowest BCUT2D eigenvalue weighted by Crippen LogP contribution is -2.34. The molecule has 0 fully saturated rings. The highest BCUT2D eigenvalue weighted by molar-refractivity contribution is 6.36. The minimum Gasteiger partial charge on any atom is -0.479 e. The lowest BCUT2D eigenvalue weighted by atomic mass is 10.2. The Morgan fingerprint density at radius 3 is 2.27 bits per heavy atom. The van der Waals surface area contributed by atoms with E-state index >= 15 is 0 Å². The molecule has 80 valence electrons. The molecule has 15 heavy (non-hydrogen) atoms. The molecule has 4 nitrogen and oxygen atoms in total. The molecule has 0 radical (unpaired) electrons. The molecule has 1 aromatic rings. The SMILES string of the molecule is O=C(O)C(Cl)N(Cl)C(=O)c1ccccc1. The Morgan fingerprint density at radius 2 is 1.80 bits per heavy atom. The van der Waals surface area contributed by atoms with E-state index in [0.29, 0.717) is 4.42 Å². The zero-order chi connectivity index (χ0) is 11.4. The van der Waals surface area contributed by atoms with Gasteiger partial charge in [0.15, 0.2) is 0 Å². The van der Waals surface area contributed by atoms with Gasteiger partial charge in [0.25, 0.3) is 5.91 Å². The number of carboxylic acid groups (broad SMARTS) is 1. The standard InChI is InChI=1S/C9H7Cl2NO3/c10-7(9(14)15)12(11)8(13)6-4-2-1-3-5-6/h1-5,7H,(H,14,15). The summed E-state index contributed by atoms with van der Waals surface area (Å²) < 4.78 is 0.444. The van der Waals surface area contributed by atoms with E-state index in [1.54, 1.807) is 18.2 Å².